The van der Waals surface area contributed by atoms with Crippen molar-refractivity contribution in [2.24, 2.45) is 0 Å². The maximum Gasteiger partial charge on any atom is 0.136 e. The Hall–Kier alpha value is -1.40. The first-order chi connectivity index (χ1) is 8.79. The van der Waals surface area contributed by atoms with E-state index in [0.717, 1.165) is 18.0 Å². The van der Waals surface area contributed by atoms with Crippen LogP contribution in [0.5, 0.6) is 0 Å². The summed E-state index contributed by atoms with van der Waals surface area (Å²) in [6, 6.07) is 6.79. The maximum atomic E-state index is 13.4. The molecule has 0 aliphatic rings. The average Bonchev–Trinajstić information content (AvgIpc) is 2.80. The molecule has 18 heavy (non-hydrogen) atoms. The van der Waals surface area contributed by atoms with Gasteiger partial charge in [0.25, 0.3) is 0 Å². The second kappa shape index (κ2) is 6.51. The molecule has 1 aromatic carbocycles. The molecule has 0 fully saturated rings. The Morgan fingerprint density at radius 1 is 1.39 bits per heavy atom. The fraction of sp³-hybridized carbons (Fsp3) is 0.333. The monoisotopic (exact) mass is 266 g/mol. The number of aromatic nitrogens is 3. The van der Waals surface area contributed by atoms with Gasteiger partial charge >= 0.3 is 0 Å². The third-order valence-electron chi connectivity index (χ3n) is 2.36. The van der Waals surface area contributed by atoms with E-state index in [4.69, 9.17) is 0 Å². The molecule has 0 spiro atoms. The fourth-order valence-corrected chi connectivity index (χ4v) is 2.40. The van der Waals surface area contributed by atoms with Crippen molar-refractivity contribution >= 4 is 11.8 Å². The quantitative estimate of drug-likeness (QED) is 0.811. The number of aryl methyl sites for hydroxylation is 1. The van der Waals surface area contributed by atoms with Crippen LogP contribution in [0.3, 0.4) is 0 Å². The van der Waals surface area contributed by atoms with E-state index in [1.807, 2.05) is 19.3 Å². The van der Waals surface area contributed by atoms with Crippen LogP contribution in [-0.4, -0.2) is 27.8 Å². The van der Waals surface area contributed by atoms with Crippen molar-refractivity contribution in [1.29, 1.82) is 0 Å². The number of rotatable bonds is 6. The van der Waals surface area contributed by atoms with Crippen molar-refractivity contribution in [3.63, 3.8) is 0 Å². The van der Waals surface area contributed by atoms with E-state index >= 15 is 0 Å². The average molecular weight is 266 g/mol. The van der Waals surface area contributed by atoms with Gasteiger partial charge in [-0.05, 0) is 19.2 Å². The third-order valence-corrected chi connectivity index (χ3v) is 3.39. The Bertz CT molecular complexity index is 500. The molecule has 2 rings (SSSR count). The molecule has 0 radical (unpaired) electrons. The molecule has 4 nitrogen and oxygen atoms in total. The van der Waals surface area contributed by atoms with Crippen molar-refractivity contribution in [3.8, 4) is 0 Å². The molecular weight excluding hydrogens is 251 g/mol. The summed E-state index contributed by atoms with van der Waals surface area (Å²) in [4.78, 5) is 0.674. The van der Waals surface area contributed by atoms with Crippen LogP contribution in [0.1, 0.15) is 5.69 Å². The summed E-state index contributed by atoms with van der Waals surface area (Å²) in [5, 5.41) is 11.0. The molecule has 0 unspecified atom stereocenters. The van der Waals surface area contributed by atoms with E-state index in [2.05, 4.69) is 15.6 Å². The molecule has 0 bridgehead atoms. The zero-order valence-electron chi connectivity index (χ0n) is 10.1. The lowest BCUT2D eigenvalue weighted by atomic mass is 10.3. The number of nitrogens with one attached hydrogen (secondary N) is 1. The van der Waals surface area contributed by atoms with Crippen molar-refractivity contribution in [1.82, 2.24) is 20.3 Å². The van der Waals surface area contributed by atoms with E-state index in [1.165, 1.54) is 17.8 Å². The van der Waals surface area contributed by atoms with Gasteiger partial charge < -0.3 is 5.32 Å². The highest BCUT2D eigenvalue weighted by Crippen LogP contribution is 2.21. The summed E-state index contributed by atoms with van der Waals surface area (Å²) in [7, 11) is 1.87. The maximum absolute atomic E-state index is 13.4. The van der Waals surface area contributed by atoms with Gasteiger partial charge in [-0.15, -0.1) is 16.9 Å². The number of hydrogen-bond acceptors (Lipinski definition) is 4. The number of thioether (sulfide) groups is 1. The SMILES string of the molecule is CNCc1cn(CCSc2ccccc2F)nn1. The first kappa shape index (κ1) is 13.0. The van der Waals surface area contributed by atoms with Crippen LogP contribution in [0.25, 0.3) is 0 Å². The van der Waals surface area contributed by atoms with Gasteiger partial charge in [0.1, 0.15) is 5.82 Å². The van der Waals surface area contributed by atoms with Gasteiger partial charge in [-0.25, -0.2) is 4.39 Å². The minimum Gasteiger partial charge on any atom is -0.314 e. The summed E-state index contributed by atoms with van der Waals surface area (Å²) < 4.78 is 15.1. The summed E-state index contributed by atoms with van der Waals surface area (Å²) in [5.74, 6) is 0.598. The minimum absolute atomic E-state index is 0.169. The van der Waals surface area contributed by atoms with Gasteiger partial charge in [0.2, 0.25) is 0 Å². The van der Waals surface area contributed by atoms with E-state index in [9.17, 15) is 4.39 Å². The Labute approximate surface area is 110 Å². The van der Waals surface area contributed by atoms with Gasteiger partial charge in [-0.3, -0.25) is 4.68 Å². The van der Waals surface area contributed by atoms with E-state index < -0.39 is 0 Å². The second-order valence-corrected chi connectivity index (χ2v) is 4.92. The van der Waals surface area contributed by atoms with Gasteiger partial charge in [-0.1, -0.05) is 17.3 Å². The number of halogens is 1. The number of nitrogens with zero attached hydrogens (tertiary/aromatic N) is 3. The van der Waals surface area contributed by atoms with E-state index in [1.54, 1.807) is 16.8 Å². The Kier molecular flexibility index (Phi) is 4.72. The standard InChI is InChI=1S/C12H15FN4S/c1-14-8-10-9-17(16-15-10)6-7-18-12-5-3-2-4-11(12)13/h2-5,9,14H,6-8H2,1H3. The van der Waals surface area contributed by atoms with Gasteiger partial charge in [0.05, 0.1) is 12.2 Å². The molecule has 1 N–H and O–H groups in total. The minimum atomic E-state index is -0.169. The van der Waals surface area contributed by atoms with Crippen LogP contribution in [0.15, 0.2) is 35.4 Å². The number of hydrogen-bond donors (Lipinski definition) is 1. The van der Waals surface area contributed by atoms with Crippen LogP contribution in [0.2, 0.25) is 0 Å². The molecule has 0 aliphatic carbocycles. The lowest BCUT2D eigenvalue weighted by molar-refractivity contribution is 0.600. The van der Waals surface area contributed by atoms with E-state index in [0.29, 0.717) is 11.4 Å². The molecule has 0 aliphatic heterocycles. The normalized spacial score (nSPS) is 10.8. The van der Waals surface area contributed by atoms with Crippen molar-refractivity contribution < 1.29 is 4.39 Å². The van der Waals surface area contributed by atoms with Crippen LogP contribution in [-0.2, 0) is 13.1 Å². The molecular formula is C12H15FN4S. The summed E-state index contributed by atoms with van der Waals surface area (Å²) in [6.07, 6.45) is 1.90. The molecule has 2 aromatic rings. The largest absolute Gasteiger partial charge is 0.314 e. The third kappa shape index (κ3) is 3.54. The van der Waals surface area contributed by atoms with Gasteiger partial charge in [0, 0.05) is 23.4 Å². The lowest BCUT2D eigenvalue weighted by Gasteiger charge is -2.02. The van der Waals surface area contributed by atoms with Gasteiger partial charge in [0.15, 0.2) is 0 Å². The molecule has 0 saturated carbocycles. The Morgan fingerprint density at radius 3 is 3.00 bits per heavy atom. The highest BCUT2D eigenvalue weighted by Gasteiger charge is 2.02. The molecule has 1 aromatic heterocycles. The molecule has 0 amide bonds. The predicted molar refractivity (Wildman–Crippen MR) is 69.9 cm³/mol. The van der Waals surface area contributed by atoms with Crippen LogP contribution < -0.4 is 5.32 Å². The lowest BCUT2D eigenvalue weighted by Crippen LogP contribution is -2.05. The number of benzene rings is 1. The highest BCUT2D eigenvalue weighted by atomic mass is 32.2. The summed E-state index contributed by atoms with van der Waals surface area (Å²) in [6.45, 7) is 1.43. The van der Waals surface area contributed by atoms with Gasteiger partial charge in [-0.2, -0.15) is 0 Å². The first-order valence-corrected chi connectivity index (χ1v) is 6.69. The topological polar surface area (TPSA) is 42.7 Å². The molecule has 1 heterocycles. The van der Waals surface area contributed by atoms with E-state index in [-0.39, 0.29) is 5.82 Å². The van der Waals surface area contributed by atoms with Crippen LogP contribution in [0, 0.1) is 5.82 Å². The Morgan fingerprint density at radius 2 is 2.22 bits per heavy atom. The predicted octanol–water partition coefficient (Wildman–Crippen LogP) is 1.93. The van der Waals surface area contributed by atoms with Crippen molar-refractivity contribution in [2.45, 2.75) is 18.0 Å². The first-order valence-electron chi connectivity index (χ1n) is 5.70. The smallest absolute Gasteiger partial charge is 0.136 e. The summed E-state index contributed by atoms with van der Waals surface area (Å²) in [5.41, 5.74) is 0.911. The van der Waals surface area contributed by atoms with Crippen LogP contribution >= 0.6 is 11.8 Å². The molecule has 96 valence electrons. The van der Waals surface area contributed by atoms with Crippen molar-refractivity contribution in [2.75, 3.05) is 12.8 Å². The molecule has 0 saturated heterocycles. The Balaban J connectivity index is 1.83. The summed E-state index contributed by atoms with van der Waals surface area (Å²) >= 11 is 1.49. The highest BCUT2D eigenvalue weighted by molar-refractivity contribution is 7.99. The zero-order chi connectivity index (χ0) is 12.8. The fourth-order valence-electron chi connectivity index (χ4n) is 1.52. The zero-order valence-corrected chi connectivity index (χ0v) is 11.0. The molecule has 0 atom stereocenters. The molecule has 6 heteroatoms. The second-order valence-electron chi connectivity index (χ2n) is 3.78. The van der Waals surface area contributed by atoms with Crippen LogP contribution in [0.4, 0.5) is 4.39 Å². The van der Waals surface area contributed by atoms with Crippen molar-refractivity contribution in [3.05, 3.63) is 42.0 Å².